The van der Waals surface area contributed by atoms with Crippen LogP contribution < -0.4 is 0 Å². The molecule has 14 heteroatoms. The van der Waals surface area contributed by atoms with Crippen molar-refractivity contribution < 1.29 is 26.3 Å². The van der Waals surface area contributed by atoms with Crippen LogP contribution in [0.1, 0.15) is 110 Å². The third-order valence-electron chi connectivity index (χ3n) is 19.3. The van der Waals surface area contributed by atoms with Gasteiger partial charge in [0.15, 0.2) is 29.1 Å². The van der Waals surface area contributed by atoms with E-state index in [0.717, 1.165) is 51.0 Å². The molecule has 576 valence electrons. The van der Waals surface area contributed by atoms with Crippen molar-refractivity contribution in [2.24, 2.45) is 7.05 Å². The largest absolute Gasteiger partial charge is 0.417 e. The van der Waals surface area contributed by atoms with Crippen molar-refractivity contribution in [2.75, 3.05) is 0 Å². The molecule has 15 aromatic rings. The van der Waals surface area contributed by atoms with Gasteiger partial charge in [0.05, 0.1) is 27.8 Å². The average Bonchev–Trinajstić information content (AvgIpc) is 1.51. The highest BCUT2D eigenvalue weighted by Gasteiger charge is 2.38. The topological polar surface area (TPSA) is 87.2 Å². The van der Waals surface area contributed by atoms with Crippen LogP contribution in [-0.4, -0.2) is 39.0 Å². The van der Waals surface area contributed by atoms with E-state index in [2.05, 4.69) is 157 Å². The first-order chi connectivity index (χ1) is 54.4. The second-order valence-corrected chi connectivity index (χ2v) is 30.6. The first-order valence-electron chi connectivity index (χ1n) is 37.8. The van der Waals surface area contributed by atoms with E-state index in [1.165, 1.54) is 63.8 Å². The fourth-order valence-corrected chi connectivity index (χ4v) is 13.4. The Balaban J connectivity index is 0.000000208. The SMILES string of the molecule is C/C=C\C=C/C.C=C/C=C\C=C.CC(C)(C)c1ccc2c(c1)c1cc(C(C)(C)C)ccc1n2-c1c(-c2ccccc2C(F)(F)F)cc(-c2nc(-c3ccccc3)nc(-c3ccccc3)n2)cc1-c1ccccc1C(F)(F)F.Cc1nc(-c2ccccc2)nc(-c2ccccc2)n1.Cn1c2ccccc2c2cc(C(C)(C)C)ccc21. The summed E-state index contributed by atoms with van der Waals surface area (Å²) in [5.74, 6) is 2.78. The summed E-state index contributed by atoms with van der Waals surface area (Å²) in [6, 6.07) is 79.1. The molecule has 4 heterocycles. The Morgan fingerprint density at radius 2 is 0.605 bits per heavy atom. The molecule has 114 heavy (non-hydrogen) atoms. The molecule has 8 nitrogen and oxygen atoms in total. The van der Waals surface area contributed by atoms with Gasteiger partial charge in [-0.05, 0) is 132 Å². The van der Waals surface area contributed by atoms with Crippen molar-refractivity contribution in [3.8, 4) is 84.9 Å². The standard InChI is InChI=1S/C55H44F6N4.C17H19N.C16H13N3.C6H10.C6H8/c1-52(2,3)36-25-27-46-40(31-36)41-32-37(53(4,5)6)26-28-47(41)65(46)48-42(38-21-13-15-23-44(38)54(56,57)58)29-35(30-43(48)39-22-14-16-24-45(39)55(59,60)61)51-63-49(33-17-9-7-10-18-33)62-50(64-51)34-19-11-8-12-20-34;1-17(2,3)12-9-10-16-14(11-12)13-7-5-6-8-15(13)18(16)4;1-12-17-15(13-8-4-2-5-9-13)19-16(18-12)14-10-6-3-7-11-14;2*1-3-5-6-4-2/h7-32H,1-6H3;5-11H,1-4H3;2-11H,1H3;3-6H,1-2H3;3-6H,1-2H2/b;;;5-3-,6-4-;6-5-. The molecule has 0 saturated carbocycles. The van der Waals surface area contributed by atoms with Crippen molar-refractivity contribution >= 4 is 43.6 Å². The molecule has 15 rings (SSSR count). The van der Waals surface area contributed by atoms with Crippen LogP contribution in [0, 0.1) is 6.92 Å². The Labute approximate surface area is 665 Å². The Morgan fingerprint density at radius 1 is 0.307 bits per heavy atom. The smallest absolute Gasteiger partial charge is 0.344 e. The van der Waals surface area contributed by atoms with E-state index in [-0.39, 0.29) is 67.2 Å². The van der Waals surface area contributed by atoms with Gasteiger partial charge < -0.3 is 9.13 Å². The summed E-state index contributed by atoms with van der Waals surface area (Å²) in [7, 11) is 2.14. The Kier molecular flexibility index (Phi) is 25.5. The highest BCUT2D eigenvalue weighted by atomic mass is 19.4. The Hall–Kier alpha value is -12.7. The predicted octanol–water partition coefficient (Wildman–Crippen LogP) is 28.1. The summed E-state index contributed by atoms with van der Waals surface area (Å²) in [4.78, 5) is 28.0. The average molecular weight is 1520 g/mol. The molecule has 0 atom stereocenters. The van der Waals surface area contributed by atoms with Gasteiger partial charge in [0.25, 0.3) is 0 Å². The number of halogens is 6. The number of rotatable bonds is 11. The summed E-state index contributed by atoms with van der Waals surface area (Å²) in [6.45, 7) is 32.2. The summed E-state index contributed by atoms with van der Waals surface area (Å²) in [5, 5.41) is 4.33. The zero-order valence-electron chi connectivity index (χ0n) is 66.7. The molecule has 0 amide bonds. The molecule has 11 aromatic carbocycles. The summed E-state index contributed by atoms with van der Waals surface area (Å²) in [5.41, 5.74) is 8.24. The number of alkyl halides is 6. The lowest BCUT2D eigenvalue weighted by atomic mass is 9.85. The normalized spacial score (nSPS) is 12.0. The van der Waals surface area contributed by atoms with Gasteiger partial charge >= 0.3 is 12.4 Å². The molecular formula is C100H94F6N8. The lowest BCUT2D eigenvalue weighted by molar-refractivity contribution is -0.137. The minimum Gasteiger partial charge on any atom is -0.344 e. The van der Waals surface area contributed by atoms with Crippen LogP contribution in [0.4, 0.5) is 26.3 Å². The molecule has 0 saturated heterocycles. The Bertz CT molecular complexity index is 5680. The number of nitrogens with zero attached hydrogens (tertiary/aromatic N) is 8. The van der Waals surface area contributed by atoms with E-state index in [9.17, 15) is 0 Å². The van der Waals surface area contributed by atoms with Crippen molar-refractivity contribution in [1.82, 2.24) is 39.0 Å². The number of allylic oxidation sites excluding steroid dienone is 8. The van der Waals surface area contributed by atoms with E-state index in [1.54, 1.807) is 24.3 Å². The molecule has 0 unspecified atom stereocenters. The molecule has 0 N–H and O–H groups in total. The molecule has 0 radical (unpaired) electrons. The highest BCUT2D eigenvalue weighted by molar-refractivity contribution is 6.12. The molecule has 0 aliphatic carbocycles. The number of hydrogen-bond acceptors (Lipinski definition) is 6. The second-order valence-electron chi connectivity index (χ2n) is 30.6. The number of aromatic nitrogens is 8. The van der Waals surface area contributed by atoms with E-state index in [1.807, 2.05) is 207 Å². The monoisotopic (exact) mass is 1520 g/mol. The number of benzene rings is 11. The molecule has 0 fully saturated rings. The maximum Gasteiger partial charge on any atom is 0.417 e. The number of aryl methyl sites for hydroxylation is 2. The number of hydrogen-bond donors (Lipinski definition) is 0. The van der Waals surface area contributed by atoms with E-state index in [0.29, 0.717) is 33.8 Å². The van der Waals surface area contributed by atoms with Crippen molar-refractivity contribution in [1.29, 1.82) is 0 Å². The van der Waals surface area contributed by atoms with Crippen LogP contribution in [0.15, 0.2) is 323 Å². The van der Waals surface area contributed by atoms with E-state index >= 15 is 26.3 Å². The first kappa shape index (κ1) is 82.3. The lowest BCUT2D eigenvalue weighted by Crippen LogP contribution is -2.12. The zero-order chi connectivity index (χ0) is 81.7. The first-order valence-corrected chi connectivity index (χ1v) is 37.8. The molecule has 0 aliphatic heterocycles. The van der Waals surface area contributed by atoms with Crippen molar-refractivity contribution in [3.63, 3.8) is 0 Å². The van der Waals surface area contributed by atoms with E-state index in [4.69, 9.17) is 15.0 Å². The van der Waals surface area contributed by atoms with Crippen molar-refractivity contribution in [3.05, 3.63) is 356 Å². The van der Waals surface area contributed by atoms with Gasteiger partial charge in [0.2, 0.25) is 0 Å². The third-order valence-corrected chi connectivity index (χ3v) is 19.3. The maximum absolute atomic E-state index is 15.4. The van der Waals surface area contributed by atoms with Gasteiger partial charge in [-0.25, -0.2) is 29.9 Å². The minimum absolute atomic E-state index is 0.0314. The highest BCUT2D eigenvalue weighted by Crippen LogP contribution is 2.50. The fourth-order valence-electron chi connectivity index (χ4n) is 13.4. The summed E-state index contributed by atoms with van der Waals surface area (Å²) >= 11 is 0. The lowest BCUT2D eigenvalue weighted by Gasteiger charge is -2.24. The summed E-state index contributed by atoms with van der Waals surface area (Å²) < 4.78 is 96.4. The van der Waals surface area contributed by atoms with Crippen LogP contribution >= 0.6 is 0 Å². The fraction of sp³-hybridized carbons (Fsp3) is 0.180. The molecule has 0 bridgehead atoms. The van der Waals surface area contributed by atoms with Gasteiger partial charge in [0.1, 0.15) is 5.82 Å². The van der Waals surface area contributed by atoms with Crippen LogP contribution in [0.2, 0.25) is 0 Å². The number of para-hydroxylation sites is 1. The molecule has 4 aromatic heterocycles. The van der Waals surface area contributed by atoms with Gasteiger partial charge in [0, 0.05) is 78.6 Å². The summed E-state index contributed by atoms with van der Waals surface area (Å²) in [6.07, 6.45) is 5.39. The third kappa shape index (κ3) is 19.3. The number of fused-ring (bicyclic) bond motifs is 6. The molecule has 0 spiro atoms. The van der Waals surface area contributed by atoms with Crippen LogP contribution in [0.25, 0.3) is 128 Å². The second kappa shape index (κ2) is 35.3. The van der Waals surface area contributed by atoms with Gasteiger partial charge in [-0.2, -0.15) is 26.3 Å². The maximum atomic E-state index is 15.4. The molecule has 0 aliphatic rings. The van der Waals surface area contributed by atoms with Crippen LogP contribution in [0.5, 0.6) is 0 Å². The van der Waals surface area contributed by atoms with Crippen LogP contribution in [-0.2, 0) is 35.6 Å². The minimum atomic E-state index is -4.84. The van der Waals surface area contributed by atoms with Gasteiger partial charge in [-0.3, -0.25) is 0 Å². The molecular weight excluding hydrogens is 1430 g/mol. The quantitative estimate of drug-likeness (QED) is 0.0947. The van der Waals surface area contributed by atoms with Gasteiger partial charge in [-0.1, -0.05) is 318 Å². The van der Waals surface area contributed by atoms with Crippen molar-refractivity contribution in [2.45, 2.75) is 112 Å². The van der Waals surface area contributed by atoms with Gasteiger partial charge in [-0.15, -0.1) is 0 Å². The predicted molar refractivity (Wildman–Crippen MR) is 462 cm³/mol. The van der Waals surface area contributed by atoms with Crippen LogP contribution in [0.3, 0.4) is 0 Å². The van der Waals surface area contributed by atoms with E-state index < -0.39 is 23.5 Å². The Morgan fingerprint density at radius 3 is 0.947 bits per heavy atom. The zero-order valence-corrected chi connectivity index (χ0v) is 66.7.